The van der Waals surface area contributed by atoms with Crippen molar-refractivity contribution >= 4 is 11.5 Å². The van der Waals surface area contributed by atoms with Gasteiger partial charge in [-0.15, -0.1) is 5.10 Å². The molecular weight excluding hydrogens is 245 g/mol. The molecule has 0 saturated carbocycles. The van der Waals surface area contributed by atoms with E-state index < -0.39 is 12.0 Å². The van der Waals surface area contributed by atoms with Crippen LogP contribution in [0.2, 0.25) is 0 Å². The molecule has 2 N–H and O–H groups in total. The zero-order valence-corrected chi connectivity index (χ0v) is 8.46. The summed E-state index contributed by atoms with van der Waals surface area (Å²) in [6, 6.07) is 0. The Bertz CT molecular complexity index is 488. The van der Waals surface area contributed by atoms with Crippen molar-refractivity contribution in [3.05, 3.63) is 18.0 Å². The molecule has 2 heterocycles. The smallest absolute Gasteiger partial charge is 0.324 e. The molecule has 2 rings (SSSR count). The molecule has 0 radical (unpaired) electrons. The Morgan fingerprint density at radius 2 is 2.19 bits per heavy atom. The van der Waals surface area contributed by atoms with Crippen molar-refractivity contribution in [2.45, 2.75) is 12.7 Å². The Balaban J connectivity index is 2.31. The number of halogens is 3. The molecule has 0 spiro atoms. The standard InChI is InChI=1S/C6H5F3N6S/c7-6(8,9)4-12-5(16-14-4)15-2-11-3(1-10)13-15/h2H,1,10H2. The topological polar surface area (TPSA) is 82.5 Å². The summed E-state index contributed by atoms with van der Waals surface area (Å²) in [5.41, 5.74) is 5.26. The maximum absolute atomic E-state index is 12.2. The van der Waals surface area contributed by atoms with Gasteiger partial charge in [0.05, 0.1) is 6.54 Å². The Morgan fingerprint density at radius 1 is 1.44 bits per heavy atom. The van der Waals surface area contributed by atoms with E-state index in [-0.39, 0.29) is 11.7 Å². The molecule has 0 aromatic carbocycles. The molecule has 0 amide bonds. The first-order valence-corrected chi connectivity index (χ1v) is 4.80. The number of rotatable bonds is 2. The number of nitrogens with two attached hydrogens (primary N) is 1. The second-order valence-corrected chi connectivity index (χ2v) is 3.44. The van der Waals surface area contributed by atoms with E-state index in [9.17, 15) is 13.2 Å². The summed E-state index contributed by atoms with van der Waals surface area (Å²) in [6.45, 7) is 0.109. The van der Waals surface area contributed by atoms with E-state index in [1.165, 1.54) is 6.33 Å². The zero-order chi connectivity index (χ0) is 11.8. The van der Waals surface area contributed by atoms with Crippen LogP contribution >= 0.6 is 11.5 Å². The van der Waals surface area contributed by atoms with E-state index in [4.69, 9.17) is 5.73 Å². The van der Waals surface area contributed by atoms with Gasteiger partial charge in [0, 0.05) is 11.5 Å². The zero-order valence-electron chi connectivity index (χ0n) is 7.64. The molecule has 0 fully saturated rings. The maximum atomic E-state index is 12.2. The highest BCUT2D eigenvalue weighted by atomic mass is 32.1. The second-order valence-electron chi connectivity index (χ2n) is 2.71. The molecule has 0 saturated heterocycles. The quantitative estimate of drug-likeness (QED) is 0.843. The first-order chi connectivity index (χ1) is 7.50. The van der Waals surface area contributed by atoms with Crippen LogP contribution in [0.1, 0.15) is 11.6 Å². The molecular formula is C6H5F3N6S. The lowest BCUT2D eigenvalue weighted by Crippen LogP contribution is -2.08. The molecule has 0 unspecified atom stereocenters. The average Bonchev–Trinajstić information content (AvgIpc) is 2.85. The molecule has 0 atom stereocenters. The molecule has 0 bridgehead atoms. The minimum atomic E-state index is -4.55. The van der Waals surface area contributed by atoms with Crippen molar-refractivity contribution in [3.63, 3.8) is 0 Å². The highest BCUT2D eigenvalue weighted by molar-refractivity contribution is 7.08. The molecule has 10 heteroatoms. The summed E-state index contributed by atoms with van der Waals surface area (Å²) in [5.74, 6) is -0.860. The number of alkyl halides is 3. The van der Waals surface area contributed by atoms with Crippen molar-refractivity contribution in [1.29, 1.82) is 0 Å². The van der Waals surface area contributed by atoms with E-state index >= 15 is 0 Å². The summed E-state index contributed by atoms with van der Waals surface area (Å²) in [4.78, 5) is 7.07. The molecule has 0 aliphatic carbocycles. The molecule has 2 aromatic heterocycles. The third kappa shape index (κ3) is 2.02. The van der Waals surface area contributed by atoms with Crippen LogP contribution in [0.5, 0.6) is 0 Å². The Kier molecular flexibility index (Phi) is 2.59. The Hall–Kier alpha value is -1.55. The van der Waals surface area contributed by atoms with Gasteiger partial charge < -0.3 is 5.73 Å². The van der Waals surface area contributed by atoms with Crippen molar-refractivity contribution in [1.82, 2.24) is 24.1 Å². The van der Waals surface area contributed by atoms with Gasteiger partial charge in [0.25, 0.3) is 0 Å². The first kappa shape index (κ1) is 11.0. The second kappa shape index (κ2) is 3.79. The highest BCUT2D eigenvalue weighted by Crippen LogP contribution is 2.28. The Morgan fingerprint density at radius 3 is 2.69 bits per heavy atom. The van der Waals surface area contributed by atoms with E-state index in [0.717, 1.165) is 4.68 Å². The van der Waals surface area contributed by atoms with Gasteiger partial charge >= 0.3 is 6.18 Å². The van der Waals surface area contributed by atoms with Gasteiger partial charge in [0.2, 0.25) is 11.0 Å². The fourth-order valence-corrected chi connectivity index (χ4v) is 1.52. The van der Waals surface area contributed by atoms with Gasteiger partial charge in [-0.3, -0.25) is 0 Å². The largest absolute Gasteiger partial charge is 0.452 e. The maximum Gasteiger partial charge on any atom is 0.452 e. The Labute approximate surface area is 91.1 Å². The van der Waals surface area contributed by atoms with E-state index in [1.807, 2.05) is 0 Å². The molecule has 0 aliphatic rings. The molecule has 6 nitrogen and oxygen atoms in total. The van der Waals surface area contributed by atoms with Crippen molar-refractivity contribution < 1.29 is 13.2 Å². The van der Waals surface area contributed by atoms with Crippen LogP contribution in [0.4, 0.5) is 13.2 Å². The van der Waals surface area contributed by atoms with Crippen molar-refractivity contribution in [2.75, 3.05) is 0 Å². The fourth-order valence-electron chi connectivity index (χ4n) is 0.907. The minimum Gasteiger partial charge on any atom is -0.324 e. The monoisotopic (exact) mass is 250 g/mol. The van der Waals surface area contributed by atoms with Crippen molar-refractivity contribution in [3.8, 4) is 5.13 Å². The van der Waals surface area contributed by atoms with Gasteiger partial charge in [-0.25, -0.2) is 4.98 Å². The summed E-state index contributed by atoms with van der Waals surface area (Å²) < 4.78 is 40.9. The van der Waals surface area contributed by atoms with Crippen LogP contribution < -0.4 is 5.73 Å². The number of hydrogen-bond acceptors (Lipinski definition) is 6. The van der Waals surface area contributed by atoms with Gasteiger partial charge in [0.1, 0.15) is 6.33 Å². The summed E-state index contributed by atoms with van der Waals surface area (Å²) in [7, 11) is 0. The van der Waals surface area contributed by atoms with Gasteiger partial charge in [-0.2, -0.15) is 27.2 Å². The third-order valence-electron chi connectivity index (χ3n) is 1.59. The van der Waals surface area contributed by atoms with Crippen LogP contribution in [0.25, 0.3) is 5.13 Å². The lowest BCUT2D eigenvalue weighted by Gasteiger charge is -1.97. The summed E-state index contributed by atoms with van der Waals surface area (Å²) >= 11 is 0.592. The first-order valence-electron chi connectivity index (χ1n) is 4.02. The lowest BCUT2D eigenvalue weighted by molar-refractivity contribution is -0.144. The van der Waals surface area contributed by atoms with Gasteiger partial charge in [-0.1, -0.05) is 0 Å². The molecule has 0 aliphatic heterocycles. The predicted molar refractivity (Wildman–Crippen MR) is 47.7 cm³/mol. The fraction of sp³-hybridized carbons (Fsp3) is 0.333. The van der Waals surface area contributed by atoms with Crippen LogP contribution in [-0.2, 0) is 12.7 Å². The molecule has 86 valence electrons. The van der Waals surface area contributed by atoms with Gasteiger partial charge in [-0.05, 0) is 0 Å². The lowest BCUT2D eigenvalue weighted by atomic mass is 10.6. The van der Waals surface area contributed by atoms with E-state index in [2.05, 4.69) is 19.4 Å². The predicted octanol–water partition coefficient (Wildman–Crippen LogP) is 0.596. The average molecular weight is 250 g/mol. The van der Waals surface area contributed by atoms with E-state index in [1.54, 1.807) is 0 Å². The summed E-state index contributed by atoms with van der Waals surface area (Å²) in [6.07, 6.45) is -3.31. The number of aromatic nitrogens is 5. The van der Waals surface area contributed by atoms with E-state index in [0.29, 0.717) is 17.4 Å². The SMILES string of the molecule is NCc1ncn(-c2nc(C(F)(F)F)ns2)n1. The van der Waals surface area contributed by atoms with Gasteiger partial charge in [0.15, 0.2) is 5.82 Å². The summed E-state index contributed by atoms with van der Waals surface area (Å²) in [5, 5.41) is 3.82. The number of hydrogen-bond donors (Lipinski definition) is 1. The molecule has 16 heavy (non-hydrogen) atoms. The molecule has 2 aromatic rings. The van der Waals surface area contributed by atoms with Crippen molar-refractivity contribution in [2.24, 2.45) is 5.73 Å². The minimum absolute atomic E-state index is 0.000440. The van der Waals surface area contributed by atoms with Crippen LogP contribution in [0, 0.1) is 0 Å². The third-order valence-corrected chi connectivity index (χ3v) is 2.29. The number of nitrogens with zero attached hydrogens (tertiary/aromatic N) is 5. The highest BCUT2D eigenvalue weighted by Gasteiger charge is 2.36. The van der Waals surface area contributed by atoms with Crippen LogP contribution in [-0.4, -0.2) is 24.1 Å². The normalized spacial score (nSPS) is 12.0. The van der Waals surface area contributed by atoms with Crippen LogP contribution in [0.15, 0.2) is 6.33 Å². The van der Waals surface area contributed by atoms with Crippen LogP contribution in [0.3, 0.4) is 0 Å².